The predicted molar refractivity (Wildman–Crippen MR) is 90.5 cm³/mol. The quantitative estimate of drug-likeness (QED) is 0.707. The van der Waals surface area contributed by atoms with Crippen molar-refractivity contribution in [1.29, 1.82) is 0 Å². The Morgan fingerprint density at radius 3 is 1.85 bits per heavy atom. The lowest BCUT2D eigenvalue weighted by atomic mass is 10.1. The molecule has 1 saturated heterocycles. The summed E-state index contributed by atoms with van der Waals surface area (Å²) in [6, 6.07) is 10.9. The van der Waals surface area contributed by atoms with Crippen molar-refractivity contribution < 1.29 is 27.1 Å². The number of hydrogen-bond donors (Lipinski definition) is 0. The van der Waals surface area contributed by atoms with Crippen LogP contribution in [0.5, 0.6) is 5.75 Å². The predicted octanol–water partition coefficient (Wildman–Crippen LogP) is 4.81. The highest BCUT2D eigenvalue weighted by atomic mass is 19.4. The normalized spacial score (nSPS) is 16.6. The van der Waals surface area contributed by atoms with Gasteiger partial charge in [-0.1, -0.05) is 24.3 Å². The average molecular weight is 385 g/mol. The summed E-state index contributed by atoms with van der Waals surface area (Å²) in [6.45, 7) is 3.40. The van der Waals surface area contributed by atoms with Crippen LogP contribution < -0.4 is 4.90 Å². The van der Waals surface area contributed by atoms with Gasteiger partial charge in [0.05, 0.1) is 0 Å². The molecule has 1 heterocycles. The van der Waals surface area contributed by atoms with Crippen LogP contribution in [0.1, 0.15) is 11.1 Å². The Labute approximate surface area is 153 Å². The second-order valence-electron chi connectivity index (χ2n) is 6.53. The van der Waals surface area contributed by atoms with Crippen LogP contribution in [0, 0.1) is 0 Å². The highest BCUT2D eigenvalue weighted by molar-refractivity contribution is 5.49. The lowest BCUT2D eigenvalue weighted by Gasteiger charge is -2.36. The second kappa shape index (κ2) is 7.34. The van der Waals surface area contributed by atoms with E-state index in [1.807, 2.05) is 0 Å². The van der Waals surface area contributed by atoms with Gasteiger partial charge in [0.15, 0.2) is 5.75 Å². The Morgan fingerprint density at radius 1 is 0.778 bits per heavy atom. The minimum atomic E-state index is -5.60. The minimum Gasteiger partial charge on any atom is -0.369 e. The zero-order valence-electron chi connectivity index (χ0n) is 14.3. The molecular formula is C19H18F5N2O. The van der Waals surface area contributed by atoms with Crippen LogP contribution in [-0.4, -0.2) is 37.3 Å². The van der Waals surface area contributed by atoms with E-state index < -0.39 is 17.7 Å². The molecule has 27 heavy (non-hydrogen) atoms. The molecule has 0 saturated carbocycles. The van der Waals surface area contributed by atoms with E-state index in [-0.39, 0.29) is 5.75 Å². The zero-order valence-corrected chi connectivity index (χ0v) is 14.3. The highest BCUT2D eigenvalue weighted by Crippen LogP contribution is 2.43. The molecule has 0 spiro atoms. The lowest BCUT2D eigenvalue weighted by molar-refractivity contribution is -0.289. The lowest BCUT2D eigenvalue weighted by Crippen LogP contribution is -2.45. The number of alkyl halides is 5. The molecule has 2 aromatic carbocycles. The third-order valence-electron chi connectivity index (χ3n) is 4.65. The topological polar surface area (TPSA) is 26.4 Å². The van der Waals surface area contributed by atoms with Gasteiger partial charge in [0, 0.05) is 44.0 Å². The standard InChI is InChI=1S/C19H18F5N2O/c20-18(21,19(22,23)24)15-3-1-14(2-4-15)13-25-9-11-26(12-10-25)16-5-7-17(27)8-6-16/h1-8H,9-13H2. The van der Waals surface area contributed by atoms with Crippen LogP contribution in [0.4, 0.5) is 27.6 Å². The van der Waals surface area contributed by atoms with Crippen molar-refractivity contribution in [2.24, 2.45) is 0 Å². The molecule has 0 atom stereocenters. The van der Waals surface area contributed by atoms with E-state index in [4.69, 9.17) is 0 Å². The van der Waals surface area contributed by atoms with Crippen molar-refractivity contribution in [2.75, 3.05) is 31.1 Å². The number of rotatable bonds is 4. The molecule has 8 heteroatoms. The van der Waals surface area contributed by atoms with Crippen molar-refractivity contribution in [3.63, 3.8) is 0 Å². The fourth-order valence-electron chi connectivity index (χ4n) is 3.06. The molecule has 3 rings (SSSR count). The molecule has 0 N–H and O–H groups in total. The van der Waals surface area contributed by atoms with Crippen molar-refractivity contribution in [2.45, 2.75) is 18.6 Å². The first-order chi connectivity index (χ1) is 12.7. The first-order valence-corrected chi connectivity index (χ1v) is 8.45. The van der Waals surface area contributed by atoms with E-state index in [0.717, 1.165) is 44.0 Å². The van der Waals surface area contributed by atoms with Gasteiger partial charge in [0.2, 0.25) is 0 Å². The van der Waals surface area contributed by atoms with Crippen molar-refractivity contribution >= 4 is 5.69 Å². The Bertz CT molecular complexity index is 751. The monoisotopic (exact) mass is 385 g/mol. The number of nitrogens with zero attached hydrogens (tertiary/aromatic N) is 2. The zero-order chi connectivity index (χ0) is 19.7. The Kier molecular flexibility index (Phi) is 5.28. The Morgan fingerprint density at radius 2 is 1.33 bits per heavy atom. The van der Waals surface area contributed by atoms with Gasteiger partial charge >= 0.3 is 12.1 Å². The summed E-state index contributed by atoms with van der Waals surface area (Å²) in [5.74, 6) is -4.89. The molecule has 0 bridgehead atoms. The Hall–Kier alpha value is -2.35. The molecule has 2 aromatic rings. The maximum atomic E-state index is 13.3. The molecule has 145 valence electrons. The largest absolute Gasteiger partial charge is 0.458 e. The molecule has 1 aliphatic rings. The molecule has 0 unspecified atom stereocenters. The SMILES string of the molecule is [O]c1ccc(N2CCN(Cc3ccc(C(F)(F)C(F)(F)F)cc3)CC2)cc1. The van der Waals surface area contributed by atoms with Crippen LogP contribution in [0.25, 0.3) is 0 Å². The van der Waals surface area contributed by atoms with E-state index in [2.05, 4.69) is 9.80 Å². The van der Waals surface area contributed by atoms with Gasteiger partial charge in [0.25, 0.3) is 0 Å². The summed E-state index contributed by atoms with van der Waals surface area (Å²) >= 11 is 0. The van der Waals surface area contributed by atoms with Gasteiger partial charge in [-0.15, -0.1) is 0 Å². The summed E-state index contributed by atoms with van der Waals surface area (Å²) in [7, 11) is 0. The number of anilines is 1. The van der Waals surface area contributed by atoms with Gasteiger partial charge in [-0.25, -0.2) is 0 Å². The van der Waals surface area contributed by atoms with E-state index in [0.29, 0.717) is 12.1 Å². The molecule has 1 aliphatic heterocycles. The molecular weight excluding hydrogens is 367 g/mol. The van der Waals surface area contributed by atoms with Gasteiger partial charge in [0.1, 0.15) is 0 Å². The third-order valence-corrected chi connectivity index (χ3v) is 4.65. The van der Waals surface area contributed by atoms with Crippen LogP contribution in [0.3, 0.4) is 0 Å². The third kappa shape index (κ3) is 4.32. The van der Waals surface area contributed by atoms with E-state index in [1.165, 1.54) is 24.3 Å². The number of benzene rings is 2. The number of halogens is 5. The van der Waals surface area contributed by atoms with E-state index in [9.17, 15) is 27.1 Å². The molecule has 1 fully saturated rings. The number of piperazine rings is 1. The van der Waals surface area contributed by atoms with Gasteiger partial charge < -0.3 is 4.90 Å². The van der Waals surface area contributed by atoms with Crippen LogP contribution in [-0.2, 0) is 17.6 Å². The fourth-order valence-corrected chi connectivity index (χ4v) is 3.06. The highest BCUT2D eigenvalue weighted by Gasteiger charge is 2.58. The second-order valence-corrected chi connectivity index (χ2v) is 6.53. The molecule has 1 radical (unpaired) electrons. The van der Waals surface area contributed by atoms with Crippen LogP contribution >= 0.6 is 0 Å². The smallest absolute Gasteiger partial charge is 0.369 e. The van der Waals surface area contributed by atoms with Crippen molar-refractivity contribution in [3.05, 3.63) is 59.7 Å². The molecule has 0 amide bonds. The van der Waals surface area contributed by atoms with Crippen molar-refractivity contribution in [3.8, 4) is 5.75 Å². The minimum absolute atomic E-state index is 0.0445. The maximum Gasteiger partial charge on any atom is 0.458 e. The molecule has 0 aromatic heterocycles. The molecule has 0 aliphatic carbocycles. The van der Waals surface area contributed by atoms with Crippen molar-refractivity contribution in [1.82, 2.24) is 4.90 Å². The summed E-state index contributed by atoms with van der Waals surface area (Å²) < 4.78 is 63.9. The van der Waals surface area contributed by atoms with Gasteiger partial charge in [-0.3, -0.25) is 10.0 Å². The van der Waals surface area contributed by atoms with Gasteiger partial charge in [-0.05, 0) is 29.8 Å². The first-order valence-electron chi connectivity index (χ1n) is 8.45. The average Bonchev–Trinajstić information content (AvgIpc) is 2.63. The van der Waals surface area contributed by atoms with Crippen LogP contribution in [0.15, 0.2) is 48.5 Å². The summed E-state index contributed by atoms with van der Waals surface area (Å²) in [5.41, 5.74) is 0.597. The van der Waals surface area contributed by atoms with E-state index >= 15 is 0 Å². The van der Waals surface area contributed by atoms with E-state index in [1.54, 1.807) is 12.1 Å². The van der Waals surface area contributed by atoms with Crippen LogP contribution in [0.2, 0.25) is 0 Å². The first kappa shape index (κ1) is 19.4. The number of hydrogen-bond acceptors (Lipinski definition) is 2. The maximum absolute atomic E-state index is 13.3. The molecule has 3 nitrogen and oxygen atoms in total. The summed E-state index contributed by atoms with van der Waals surface area (Å²) in [5, 5.41) is 11.2. The van der Waals surface area contributed by atoms with Gasteiger partial charge in [-0.2, -0.15) is 22.0 Å². The fraction of sp³-hybridized carbons (Fsp3) is 0.368. The summed E-state index contributed by atoms with van der Waals surface area (Å²) in [4.78, 5) is 4.25. The Balaban J connectivity index is 1.57. The summed E-state index contributed by atoms with van der Waals surface area (Å²) in [6.07, 6.45) is -5.60.